The number of H-pyrrole nitrogens is 1. The van der Waals surface area contributed by atoms with E-state index in [4.69, 9.17) is 5.11 Å². The Bertz CT molecular complexity index is 959. The molecule has 0 saturated carbocycles. The fourth-order valence-corrected chi connectivity index (χ4v) is 3.05. The first-order valence-corrected chi connectivity index (χ1v) is 7.84. The van der Waals surface area contributed by atoms with E-state index in [2.05, 4.69) is 26.0 Å². The van der Waals surface area contributed by atoms with Crippen LogP contribution in [0.25, 0.3) is 16.8 Å². The second-order valence-corrected chi connectivity index (χ2v) is 6.05. The van der Waals surface area contributed by atoms with Crippen molar-refractivity contribution in [1.82, 2.24) is 14.6 Å². The molecule has 23 heavy (non-hydrogen) atoms. The maximum absolute atomic E-state index is 12.6. The molecule has 0 radical (unpaired) electrons. The Labute approximate surface area is 139 Å². The SMILES string of the molecule is Cc1nc2c(-c3ccccc3Br)c[nH]n2c(=O)c1CCC(=O)O. The Morgan fingerprint density at radius 3 is 2.78 bits per heavy atom. The number of carboxylic acid groups (broad SMARTS) is 1. The summed E-state index contributed by atoms with van der Waals surface area (Å²) in [7, 11) is 0. The highest BCUT2D eigenvalue weighted by molar-refractivity contribution is 9.10. The quantitative estimate of drug-likeness (QED) is 0.733. The third-order valence-corrected chi connectivity index (χ3v) is 4.41. The van der Waals surface area contributed by atoms with Gasteiger partial charge >= 0.3 is 5.97 Å². The highest BCUT2D eigenvalue weighted by Crippen LogP contribution is 2.30. The number of rotatable bonds is 4. The first-order valence-electron chi connectivity index (χ1n) is 7.05. The van der Waals surface area contributed by atoms with Gasteiger partial charge in [-0.05, 0) is 19.4 Å². The summed E-state index contributed by atoms with van der Waals surface area (Å²) in [6.45, 7) is 1.73. The van der Waals surface area contributed by atoms with Gasteiger partial charge in [-0.1, -0.05) is 34.1 Å². The minimum absolute atomic E-state index is 0.0956. The summed E-state index contributed by atoms with van der Waals surface area (Å²) in [4.78, 5) is 27.8. The average Bonchev–Trinajstić information content (AvgIpc) is 2.91. The van der Waals surface area contributed by atoms with Gasteiger partial charge in [0.25, 0.3) is 5.56 Å². The molecule has 0 aliphatic rings. The zero-order valence-electron chi connectivity index (χ0n) is 12.3. The van der Waals surface area contributed by atoms with Gasteiger partial charge in [-0.25, -0.2) is 9.50 Å². The predicted octanol–water partition coefficient (Wildman–Crippen LogP) is 2.78. The Balaban J connectivity index is 2.18. The number of fused-ring (bicyclic) bond motifs is 1. The first kappa shape index (κ1) is 15.5. The molecular weight excluding hydrogens is 362 g/mol. The molecule has 3 rings (SSSR count). The van der Waals surface area contributed by atoms with Crippen LogP contribution in [0.15, 0.2) is 39.7 Å². The molecule has 118 valence electrons. The number of halogens is 1. The zero-order valence-corrected chi connectivity index (χ0v) is 13.9. The largest absolute Gasteiger partial charge is 0.481 e. The number of aryl methyl sites for hydroxylation is 1. The van der Waals surface area contributed by atoms with Gasteiger partial charge in [-0.3, -0.25) is 14.7 Å². The summed E-state index contributed by atoms with van der Waals surface area (Å²) >= 11 is 3.50. The molecule has 0 amide bonds. The number of aromatic nitrogens is 3. The number of hydrogen-bond donors (Lipinski definition) is 2. The molecule has 0 atom stereocenters. The molecule has 0 saturated heterocycles. The molecule has 2 aromatic heterocycles. The number of hydrogen-bond acceptors (Lipinski definition) is 3. The van der Waals surface area contributed by atoms with E-state index in [9.17, 15) is 9.59 Å². The van der Waals surface area contributed by atoms with E-state index in [1.54, 1.807) is 13.1 Å². The normalized spacial score (nSPS) is 11.0. The monoisotopic (exact) mass is 375 g/mol. The molecule has 0 bridgehead atoms. The second-order valence-electron chi connectivity index (χ2n) is 5.20. The fraction of sp³-hybridized carbons (Fsp3) is 0.188. The summed E-state index contributed by atoms with van der Waals surface area (Å²) in [5, 5.41) is 11.7. The lowest BCUT2D eigenvalue weighted by Crippen LogP contribution is -2.22. The van der Waals surface area contributed by atoms with E-state index < -0.39 is 5.97 Å². The summed E-state index contributed by atoms with van der Waals surface area (Å²) in [5.41, 5.74) is 2.98. The average molecular weight is 376 g/mol. The third kappa shape index (κ3) is 2.79. The van der Waals surface area contributed by atoms with Gasteiger partial charge < -0.3 is 5.11 Å². The van der Waals surface area contributed by atoms with E-state index in [1.165, 1.54) is 4.52 Å². The van der Waals surface area contributed by atoms with Crippen LogP contribution in [0.3, 0.4) is 0 Å². The minimum Gasteiger partial charge on any atom is -0.481 e. The van der Waals surface area contributed by atoms with Crippen molar-refractivity contribution in [2.24, 2.45) is 0 Å². The number of nitrogens with zero attached hydrogens (tertiary/aromatic N) is 2. The molecule has 6 nitrogen and oxygen atoms in total. The Kier molecular flexibility index (Phi) is 4.04. The molecule has 0 aliphatic carbocycles. The van der Waals surface area contributed by atoms with Crippen molar-refractivity contribution < 1.29 is 9.90 Å². The highest BCUT2D eigenvalue weighted by Gasteiger charge is 2.16. The molecule has 7 heteroatoms. The molecule has 3 aromatic rings. The lowest BCUT2D eigenvalue weighted by molar-refractivity contribution is -0.136. The van der Waals surface area contributed by atoms with E-state index in [-0.39, 0.29) is 18.4 Å². The second kappa shape index (κ2) is 6.00. The first-order chi connectivity index (χ1) is 11.0. The van der Waals surface area contributed by atoms with Crippen molar-refractivity contribution in [3.63, 3.8) is 0 Å². The van der Waals surface area contributed by atoms with Crippen LogP contribution in [-0.4, -0.2) is 25.7 Å². The Morgan fingerprint density at radius 2 is 2.09 bits per heavy atom. The Hall–Kier alpha value is -2.41. The minimum atomic E-state index is -0.936. The van der Waals surface area contributed by atoms with Gasteiger partial charge in [0.05, 0.1) is 0 Å². The molecule has 0 spiro atoms. The smallest absolute Gasteiger partial charge is 0.303 e. The van der Waals surface area contributed by atoms with Crippen LogP contribution < -0.4 is 5.56 Å². The number of carboxylic acids is 1. The van der Waals surface area contributed by atoms with Crippen molar-refractivity contribution in [1.29, 1.82) is 0 Å². The molecule has 2 N–H and O–H groups in total. The van der Waals surface area contributed by atoms with E-state index in [0.29, 0.717) is 16.9 Å². The van der Waals surface area contributed by atoms with Crippen LogP contribution >= 0.6 is 15.9 Å². The summed E-state index contributed by atoms with van der Waals surface area (Å²) in [6, 6.07) is 7.69. The maximum atomic E-state index is 12.6. The van der Waals surface area contributed by atoms with E-state index >= 15 is 0 Å². The number of aliphatic carboxylic acids is 1. The molecule has 0 fully saturated rings. The molecule has 0 aliphatic heterocycles. The predicted molar refractivity (Wildman–Crippen MR) is 89.6 cm³/mol. The lowest BCUT2D eigenvalue weighted by atomic mass is 10.1. The van der Waals surface area contributed by atoms with Crippen LogP contribution in [0.2, 0.25) is 0 Å². The van der Waals surface area contributed by atoms with Gasteiger partial charge in [-0.15, -0.1) is 0 Å². The maximum Gasteiger partial charge on any atom is 0.303 e. The third-order valence-electron chi connectivity index (χ3n) is 3.72. The lowest BCUT2D eigenvalue weighted by Gasteiger charge is -2.06. The van der Waals surface area contributed by atoms with E-state index in [0.717, 1.165) is 15.6 Å². The number of nitrogens with one attached hydrogen (secondary N) is 1. The van der Waals surface area contributed by atoms with Gasteiger partial charge in [-0.2, -0.15) is 0 Å². The molecular formula is C16H14BrN3O3. The summed E-state index contributed by atoms with van der Waals surface area (Å²) < 4.78 is 2.27. The number of carbonyl (C=O) groups is 1. The molecule has 2 heterocycles. The van der Waals surface area contributed by atoms with Gasteiger partial charge in [0.1, 0.15) is 0 Å². The zero-order chi connectivity index (χ0) is 16.6. The summed E-state index contributed by atoms with van der Waals surface area (Å²) in [5.74, 6) is -0.936. The van der Waals surface area contributed by atoms with Crippen molar-refractivity contribution in [3.05, 3.63) is 56.5 Å². The van der Waals surface area contributed by atoms with Crippen LogP contribution in [-0.2, 0) is 11.2 Å². The molecule has 1 aromatic carbocycles. The topological polar surface area (TPSA) is 87.5 Å². The van der Waals surface area contributed by atoms with Crippen LogP contribution in [0.4, 0.5) is 0 Å². The highest BCUT2D eigenvalue weighted by atomic mass is 79.9. The van der Waals surface area contributed by atoms with Gasteiger partial charge in [0.2, 0.25) is 0 Å². The van der Waals surface area contributed by atoms with Crippen LogP contribution in [0.1, 0.15) is 17.7 Å². The van der Waals surface area contributed by atoms with Gasteiger partial charge in [0, 0.05) is 39.5 Å². The number of benzene rings is 1. The van der Waals surface area contributed by atoms with Crippen LogP contribution in [0, 0.1) is 6.92 Å². The van der Waals surface area contributed by atoms with Gasteiger partial charge in [0.15, 0.2) is 5.65 Å². The van der Waals surface area contributed by atoms with Crippen LogP contribution in [0.5, 0.6) is 0 Å². The van der Waals surface area contributed by atoms with Crippen molar-refractivity contribution in [2.45, 2.75) is 19.8 Å². The fourth-order valence-electron chi connectivity index (χ4n) is 2.55. The summed E-state index contributed by atoms with van der Waals surface area (Å²) in [6.07, 6.45) is 1.80. The molecule has 0 unspecified atom stereocenters. The van der Waals surface area contributed by atoms with E-state index in [1.807, 2.05) is 24.3 Å². The Morgan fingerprint density at radius 1 is 1.35 bits per heavy atom. The van der Waals surface area contributed by atoms with Crippen molar-refractivity contribution >= 4 is 27.5 Å². The van der Waals surface area contributed by atoms with Crippen molar-refractivity contribution in [2.75, 3.05) is 0 Å². The van der Waals surface area contributed by atoms with Crippen molar-refractivity contribution in [3.8, 4) is 11.1 Å². The standard InChI is InChI=1S/C16H14BrN3O3/c1-9-10(6-7-14(21)22)16(23)20-15(19-9)12(8-18-20)11-4-2-3-5-13(11)17/h2-5,8,18H,6-7H2,1H3,(H,21,22). The number of aromatic amines is 1.